The molecule has 2 rings (SSSR count). The molecule has 5 nitrogen and oxygen atoms in total. The number of carbonyl (C=O) groups is 2. The molecule has 0 aliphatic carbocycles. The first-order valence-electron chi connectivity index (χ1n) is 8.19. The number of aryl methyl sites for hydroxylation is 1. The molecule has 0 saturated heterocycles. The first-order chi connectivity index (χ1) is 12.0. The maximum absolute atomic E-state index is 12.4. The molecule has 0 amide bonds. The molecule has 0 spiro atoms. The van der Waals surface area contributed by atoms with Crippen molar-refractivity contribution in [3.63, 3.8) is 0 Å². The van der Waals surface area contributed by atoms with E-state index < -0.39 is 18.2 Å². The van der Waals surface area contributed by atoms with Gasteiger partial charge in [-0.1, -0.05) is 12.1 Å². The fraction of sp³-hybridized carbons (Fsp3) is 0.300. The number of ether oxygens (including phenoxy) is 2. The number of benzene rings is 2. The van der Waals surface area contributed by atoms with Gasteiger partial charge in [-0.05, 0) is 62.7 Å². The van der Waals surface area contributed by atoms with Crippen molar-refractivity contribution < 1.29 is 19.1 Å². The van der Waals surface area contributed by atoms with E-state index in [-0.39, 0.29) is 0 Å². The van der Waals surface area contributed by atoms with Crippen molar-refractivity contribution in [3.05, 3.63) is 65.2 Å². The van der Waals surface area contributed by atoms with Crippen LogP contribution in [0.3, 0.4) is 0 Å². The maximum atomic E-state index is 12.4. The molecule has 132 valence electrons. The number of hydrogen-bond acceptors (Lipinski definition) is 5. The van der Waals surface area contributed by atoms with Crippen molar-refractivity contribution in [2.24, 2.45) is 0 Å². The van der Waals surface area contributed by atoms with Crippen LogP contribution in [0.1, 0.15) is 40.1 Å². The van der Waals surface area contributed by atoms with Crippen LogP contribution in [0.5, 0.6) is 0 Å². The van der Waals surface area contributed by atoms with Crippen molar-refractivity contribution in [2.75, 3.05) is 18.6 Å². The Morgan fingerprint density at radius 2 is 1.64 bits per heavy atom. The Kier molecular flexibility index (Phi) is 6.17. The highest BCUT2D eigenvalue weighted by molar-refractivity contribution is 5.93. The van der Waals surface area contributed by atoms with E-state index in [2.05, 4.69) is 10.8 Å². The minimum atomic E-state index is -0.440. The predicted molar refractivity (Wildman–Crippen MR) is 96.9 cm³/mol. The lowest BCUT2D eigenvalue weighted by molar-refractivity contribution is 0.0335. The normalized spacial score (nSPS) is 11.5. The molecule has 0 radical (unpaired) electrons. The van der Waals surface area contributed by atoms with E-state index in [1.165, 1.54) is 7.11 Å². The van der Waals surface area contributed by atoms with Crippen LogP contribution in [0.2, 0.25) is 0 Å². The lowest BCUT2D eigenvalue weighted by Gasteiger charge is -2.29. The summed E-state index contributed by atoms with van der Waals surface area (Å²) in [7, 11) is 1.32. The van der Waals surface area contributed by atoms with Gasteiger partial charge in [-0.15, -0.1) is 0 Å². The molecule has 0 aromatic heterocycles. The molecule has 0 saturated carbocycles. The summed E-state index contributed by atoms with van der Waals surface area (Å²) < 4.78 is 10.2. The summed E-state index contributed by atoms with van der Waals surface area (Å²) in [4.78, 5) is 25.8. The second-order valence-corrected chi connectivity index (χ2v) is 5.70. The van der Waals surface area contributed by atoms with E-state index in [1.54, 1.807) is 24.3 Å². The van der Waals surface area contributed by atoms with Crippen molar-refractivity contribution in [1.29, 1.82) is 0 Å². The highest BCUT2D eigenvalue weighted by Gasteiger charge is 2.18. The van der Waals surface area contributed by atoms with E-state index in [9.17, 15) is 9.59 Å². The molecule has 2 aromatic rings. The monoisotopic (exact) mass is 341 g/mol. The van der Waals surface area contributed by atoms with Crippen LogP contribution in [0.15, 0.2) is 48.5 Å². The Morgan fingerprint density at radius 3 is 2.16 bits per heavy atom. The minimum absolute atomic E-state index is 0.389. The largest absolute Gasteiger partial charge is 0.465 e. The smallest absolute Gasteiger partial charge is 0.340 e. The summed E-state index contributed by atoms with van der Waals surface area (Å²) in [6.45, 7) is 6.58. The van der Waals surface area contributed by atoms with Gasteiger partial charge in [0.15, 0.2) is 6.23 Å². The Balaban J connectivity index is 2.09. The number of carbonyl (C=O) groups excluding carboxylic acids is 2. The molecule has 1 unspecified atom stereocenters. The van der Waals surface area contributed by atoms with Crippen LogP contribution in [0.4, 0.5) is 5.69 Å². The Bertz CT molecular complexity index is 740. The Hall–Kier alpha value is -2.82. The van der Waals surface area contributed by atoms with Crippen LogP contribution in [0.25, 0.3) is 0 Å². The van der Waals surface area contributed by atoms with E-state index in [0.717, 1.165) is 11.3 Å². The van der Waals surface area contributed by atoms with Crippen LogP contribution in [-0.4, -0.2) is 31.8 Å². The highest BCUT2D eigenvalue weighted by Crippen LogP contribution is 2.19. The standard InChI is InChI=1S/C20H23NO4/c1-5-21(18-8-6-7-14(2)13-18)15(3)25-20(23)17-11-9-16(10-12-17)19(22)24-4/h6-13,15H,5H2,1-4H3. The first-order valence-corrected chi connectivity index (χ1v) is 8.19. The number of anilines is 1. The van der Waals surface area contributed by atoms with Gasteiger partial charge in [-0.2, -0.15) is 0 Å². The van der Waals surface area contributed by atoms with Crippen LogP contribution < -0.4 is 4.90 Å². The molecule has 2 aromatic carbocycles. The van der Waals surface area contributed by atoms with Crippen LogP contribution in [0, 0.1) is 6.92 Å². The molecular weight excluding hydrogens is 318 g/mol. The van der Waals surface area contributed by atoms with E-state index in [4.69, 9.17) is 4.74 Å². The molecule has 0 aliphatic rings. The number of esters is 2. The molecule has 0 aliphatic heterocycles. The lowest BCUT2D eigenvalue weighted by atomic mass is 10.1. The highest BCUT2D eigenvalue weighted by atomic mass is 16.6. The van der Waals surface area contributed by atoms with Crippen LogP contribution >= 0.6 is 0 Å². The van der Waals surface area contributed by atoms with Crippen molar-refractivity contribution in [3.8, 4) is 0 Å². The zero-order chi connectivity index (χ0) is 18.4. The van der Waals surface area contributed by atoms with E-state index in [1.807, 2.05) is 43.9 Å². The molecule has 1 atom stereocenters. The average Bonchev–Trinajstić information content (AvgIpc) is 2.61. The molecule has 25 heavy (non-hydrogen) atoms. The van der Waals surface area contributed by atoms with E-state index >= 15 is 0 Å². The van der Waals surface area contributed by atoms with Crippen molar-refractivity contribution >= 4 is 17.6 Å². The summed E-state index contributed by atoms with van der Waals surface area (Å²) >= 11 is 0. The van der Waals surface area contributed by atoms with Gasteiger partial charge in [-0.25, -0.2) is 9.59 Å². The Labute approximate surface area is 148 Å². The zero-order valence-corrected chi connectivity index (χ0v) is 15.0. The van der Waals surface area contributed by atoms with Crippen LogP contribution in [-0.2, 0) is 9.47 Å². The molecule has 0 heterocycles. The predicted octanol–water partition coefficient (Wildman–Crippen LogP) is 3.81. The lowest BCUT2D eigenvalue weighted by Crippen LogP contribution is -2.36. The minimum Gasteiger partial charge on any atom is -0.465 e. The summed E-state index contributed by atoms with van der Waals surface area (Å²) in [6, 6.07) is 14.3. The molecule has 0 bridgehead atoms. The van der Waals surface area contributed by atoms with Gasteiger partial charge < -0.3 is 14.4 Å². The van der Waals surface area contributed by atoms with Crippen molar-refractivity contribution in [1.82, 2.24) is 0 Å². The zero-order valence-electron chi connectivity index (χ0n) is 15.0. The maximum Gasteiger partial charge on any atom is 0.340 e. The number of nitrogens with zero attached hydrogens (tertiary/aromatic N) is 1. The topological polar surface area (TPSA) is 55.8 Å². The molecule has 0 fully saturated rings. The second kappa shape index (κ2) is 8.33. The summed E-state index contributed by atoms with van der Waals surface area (Å²) in [5, 5.41) is 0. The van der Waals surface area contributed by atoms with Gasteiger partial charge in [0.1, 0.15) is 0 Å². The summed E-state index contributed by atoms with van der Waals surface area (Å²) in [5.74, 6) is -0.875. The van der Waals surface area contributed by atoms with Gasteiger partial charge >= 0.3 is 11.9 Å². The van der Waals surface area contributed by atoms with Gasteiger partial charge in [0, 0.05) is 12.2 Å². The first kappa shape index (κ1) is 18.5. The third-order valence-electron chi connectivity index (χ3n) is 3.93. The average molecular weight is 341 g/mol. The summed E-state index contributed by atoms with van der Waals surface area (Å²) in [5.41, 5.74) is 2.93. The SMILES string of the molecule is CCN(c1cccc(C)c1)C(C)OC(=O)c1ccc(C(=O)OC)cc1. The quantitative estimate of drug-likeness (QED) is 0.591. The number of methoxy groups -OCH3 is 1. The van der Waals surface area contributed by atoms with Gasteiger partial charge in [0.05, 0.1) is 18.2 Å². The fourth-order valence-electron chi connectivity index (χ4n) is 2.60. The third kappa shape index (κ3) is 4.59. The number of hydrogen-bond donors (Lipinski definition) is 0. The summed E-state index contributed by atoms with van der Waals surface area (Å²) in [6.07, 6.45) is -0.417. The third-order valence-corrected chi connectivity index (χ3v) is 3.93. The Morgan fingerprint density at radius 1 is 1.04 bits per heavy atom. The van der Waals surface area contributed by atoms with Gasteiger partial charge in [0.25, 0.3) is 0 Å². The van der Waals surface area contributed by atoms with Gasteiger partial charge in [0.2, 0.25) is 0 Å². The molecule has 5 heteroatoms. The molecule has 0 N–H and O–H groups in total. The fourth-order valence-corrected chi connectivity index (χ4v) is 2.60. The second-order valence-electron chi connectivity index (χ2n) is 5.70. The van der Waals surface area contributed by atoms with Crippen molar-refractivity contribution in [2.45, 2.75) is 27.0 Å². The van der Waals surface area contributed by atoms with E-state index in [0.29, 0.717) is 17.7 Å². The number of rotatable bonds is 6. The molecular formula is C20H23NO4. The van der Waals surface area contributed by atoms with Gasteiger partial charge in [-0.3, -0.25) is 0 Å².